The van der Waals surface area contributed by atoms with Gasteiger partial charge in [-0.2, -0.15) is 0 Å². The smallest absolute Gasteiger partial charge is 0.320 e. The summed E-state index contributed by atoms with van der Waals surface area (Å²) < 4.78 is 5.15. The van der Waals surface area contributed by atoms with Crippen LogP contribution in [-0.2, 0) is 14.3 Å². The summed E-state index contributed by atoms with van der Waals surface area (Å²) in [7, 11) is 0. The molecule has 1 aliphatic heterocycles. The van der Waals surface area contributed by atoms with Crippen LogP contribution in [0.15, 0.2) is 0 Å². The number of aliphatic carboxylic acids is 1. The monoisotopic (exact) mass is 229 g/mol. The van der Waals surface area contributed by atoms with Crippen LogP contribution >= 0.6 is 0 Å². The number of carboxylic acid groups (broad SMARTS) is 1. The predicted octanol–water partition coefficient (Wildman–Crippen LogP) is 0.877. The molecule has 0 aromatic heterocycles. The van der Waals surface area contributed by atoms with Crippen molar-refractivity contribution in [2.75, 3.05) is 13.1 Å². The van der Waals surface area contributed by atoms with E-state index >= 15 is 0 Å². The van der Waals surface area contributed by atoms with Gasteiger partial charge in [0.25, 0.3) is 0 Å². The molecule has 0 radical (unpaired) electrons. The van der Waals surface area contributed by atoms with E-state index < -0.39 is 17.6 Å². The highest BCUT2D eigenvalue weighted by Crippen LogP contribution is 2.17. The van der Waals surface area contributed by atoms with Gasteiger partial charge in [-0.1, -0.05) is 0 Å². The van der Waals surface area contributed by atoms with Gasteiger partial charge < -0.3 is 9.84 Å². The Bertz CT molecular complexity index is 282. The van der Waals surface area contributed by atoms with Gasteiger partial charge in [-0.25, -0.2) is 0 Å². The highest BCUT2D eigenvalue weighted by Gasteiger charge is 2.32. The second kappa shape index (κ2) is 4.82. The van der Waals surface area contributed by atoms with Crippen LogP contribution in [-0.4, -0.2) is 46.7 Å². The van der Waals surface area contributed by atoms with Gasteiger partial charge in [0.2, 0.25) is 0 Å². The Hall–Kier alpha value is -1.10. The van der Waals surface area contributed by atoms with Crippen LogP contribution in [0.1, 0.15) is 33.6 Å². The molecular weight excluding hydrogens is 210 g/mol. The fraction of sp³-hybridized carbons (Fsp3) is 0.818. The maximum atomic E-state index is 11.5. The predicted molar refractivity (Wildman–Crippen MR) is 58.1 cm³/mol. The number of ether oxygens (including phenoxy) is 1. The molecule has 5 heteroatoms. The van der Waals surface area contributed by atoms with Crippen molar-refractivity contribution in [3.05, 3.63) is 0 Å². The molecule has 5 nitrogen and oxygen atoms in total. The standard InChI is InChI=1S/C11H19NO4/c1-11(2,3)16-9(13)7-12-6-4-5-8(12)10(14)15/h8H,4-7H2,1-3H3,(H,14,15)/t8-/m0/s1. The molecule has 92 valence electrons. The molecule has 0 unspecified atom stereocenters. The maximum Gasteiger partial charge on any atom is 0.320 e. The van der Waals surface area contributed by atoms with Gasteiger partial charge in [0.1, 0.15) is 11.6 Å². The summed E-state index contributed by atoms with van der Waals surface area (Å²) in [5, 5.41) is 8.94. The number of carbonyl (C=O) groups is 2. The number of carbonyl (C=O) groups excluding carboxylic acids is 1. The third-order valence-electron chi connectivity index (χ3n) is 2.40. The van der Waals surface area contributed by atoms with Crippen molar-refractivity contribution in [2.45, 2.75) is 45.3 Å². The Morgan fingerprint density at radius 3 is 2.56 bits per heavy atom. The van der Waals surface area contributed by atoms with Gasteiger partial charge in [-0.3, -0.25) is 14.5 Å². The Balaban J connectivity index is 2.47. The molecule has 0 aromatic carbocycles. The second-order valence-electron chi connectivity index (χ2n) is 5.05. The van der Waals surface area contributed by atoms with E-state index in [1.807, 2.05) is 0 Å². The topological polar surface area (TPSA) is 66.8 Å². The lowest BCUT2D eigenvalue weighted by Crippen LogP contribution is -2.41. The van der Waals surface area contributed by atoms with Gasteiger partial charge in [0.05, 0.1) is 6.54 Å². The van der Waals surface area contributed by atoms with E-state index in [-0.39, 0.29) is 12.5 Å². The zero-order valence-electron chi connectivity index (χ0n) is 10.0. The van der Waals surface area contributed by atoms with E-state index in [0.717, 1.165) is 6.42 Å². The molecule has 1 rings (SSSR count). The molecule has 1 saturated heterocycles. The third-order valence-corrected chi connectivity index (χ3v) is 2.40. The van der Waals surface area contributed by atoms with Gasteiger partial charge >= 0.3 is 11.9 Å². The molecule has 0 aromatic rings. The summed E-state index contributed by atoms with van der Waals surface area (Å²) in [5.41, 5.74) is -0.518. The summed E-state index contributed by atoms with van der Waals surface area (Å²) in [5.74, 6) is -1.22. The number of hydrogen-bond donors (Lipinski definition) is 1. The van der Waals surface area contributed by atoms with E-state index in [1.165, 1.54) is 0 Å². The first-order chi connectivity index (χ1) is 7.29. The van der Waals surface area contributed by atoms with Crippen LogP contribution in [0.4, 0.5) is 0 Å². The zero-order valence-corrected chi connectivity index (χ0v) is 10.0. The van der Waals surface area contributed by atoms with Crippen molar-refractivity contribution in [1.29, 1.82) is 0 Å². The Labute approximate surface area is 95.4 Å². The number of rotatable bonds is 3. The lowest BCUT2D eigenvalue weighted by Gasteiger charge is -2.24. The van der Waals surface area contributed by atoms with E-state index in [2.05, 4.69) is 0 Å². The second-order valence-corrected chi connectivity index (χ2v) is 5.05. The molecule has 1 aliphatic rings. The maximum absolute atomic E-state index is 11.5. The number of likely N-dealkylation sites (tertiary alicyclic amines) is 1. The van der Waals surface area contributed by atoms with Crippen LogP contribution in [0.25, 0.3) is 0 Å². The Morgan fingerprint density at radius 1 is 1.44 bits per heavy atom. The lowest BCUT2D eigenvalue weighted by molar-refractivity contribution is -0.157. The molecule has 1 N–H and O–H groups in total. The number of esters is 1. The first-order valence-corrected chi connectivity index (χ1v) is 5.48. The van der Waals surface area contributed by atoms with Crippen LogP contribution in [0.5, 0.6) is 0 Å². The van der Waals surface area contributed by atoms with Gasteiger partial charge in [0.15, 0.2) is 0 Å². The van der Waals surface area contributed by atoms with E-state index in [1.54, 1.807) is 25.7 Å². The average molecular weight is 229 g/mol. The van der Waals surface area contributed by atoms with Crippen molar-refractivity contribution >= 4 is 11.9 Å². The Kier molecular flexibility index (Phi) is 3.91. The number of hydrogen-bond acceptors (Lipinski definition) is 4. The van der Waals surface area contributed by atoms with E-state index in [0.29, 0.717) is 13.0 Å². The van der Waals surface area contributed by atoms with Crippen molar-refractivity contribution < 1.29 is 19.4 Å². The van der Waals surface area contributed by atoms with Gasteiger partial charge in [-0.15, -0.1) is 0 Å². The molecule has 0 saturated carbocycles. The summed E-state index contributed by atoms with van der Waals surface area (Å²) in [6.07, 6.45) is 1.43. The molecule has 0 spiro atoms. The minimum atomic E-state index is -0.860. The number of carboxylic acids is 1. The third kappa shape index (κ3) is 3.81. The molecule has 16 heavy (non-hydrogen) atoms. The molecule has 1 atom stereocenters. The quantitative estimate of drug-likeness (QED) is 0.727. The Morgan fingerprint density at radius 2 is 2.06 bits per heavy atom. The van der Waals surface area contributed by atoms with Crippen molar-refractivity contribution in [3.63, 3.8) is 0 Å². The van der Waals surface area contributed by atoms with Crippen LogP contribution in [0.2, 0.25) is 0 Å². The molecule has 1 heterocycles. The van der Waals surface area contributed by atoms with E-state index in [4.69, 9.17) is 9.84 Å². The van der Waals surface area contributed by atoms with E-state index in [9.17, 15) is 9.59 Å². The summed E-state index contributed by atoms with van der Waals surface area (Å²) in [6.45, 7) is 6.10. The van der Waals surface area contributed by atoms with Crippen molar-refractivity contribution in [1.82, 2.24) is 4.90 Å². The lowest BCUT2D eigenvalue weighted by atomic mass is 10.2. The molecule has 0 bridgehead atoms. The normalized spacial score (nSPS) is 22.1. The fourth-order valence-electron chi connectivity index (χ4n) is 1.83. The highest BCUT2D eigenvalue weighted by atomic mass is 16.6. The SMILES string of the molecule is CC(C)(C)OC(=O)CN1CCC[C@H]1C(=O)O. The summed E-state index contributed by atoms with van der Waals surface area (Å²) in [4.78, 5) is 24.1. The summed E-state index contributed by atoms with van der Waals surface area (Å²) in [6, 6.07) is -0.535. The molecular formula is C11H19NO4. The highest BCUT2D eigenvalue weighted by molar-refractivity contribution is 5.76. The molecule has 0 amide bonds. The molecule has 1 fully saturated rings. The molecule has 0 aliphatic carbocycles. The largest absolute Gasteiger partial charge is 0.480 e. The first kappa shape index (κ1) is 13.0. The summed E-state index contributed by atoms with van der Waals surface area (Å²) >= 11 is 0. The first-order valence-electron chi connectivity index (χ1n) is 5.48. The fourth-order valence-corrected chi connectivity index (χ4v) is 1.83. The number of nitrogens with zero attached hydrogens (tertiary/aromatic N) is 1. The van der Waals surface area contributed by atoms with Crippen molar-refractivity contribution in [3.8, 4) is 0 Å². The zero-order chi connectivity index (χ0) is 12.3. The van der Waals surface area contributed by atoms with Gasteiger partial charge in [0, 0.05) is 0 Å². The minimum absolute atomic E-state index is 0.0637. The minimum Gasteiger partial charge on any atom is -0.480 e. The van der Waals surface area contributed by atoms with Crippen LogP contribution in [0.3, 0.4) is 0 Å². The van der Waals surface area contributed by atoms with Crippen LogP contribution < -0.4 is 0 Å². The van der Waals surface area contributed by atoms with Crippen molar-refractivity contribution in [2.24, 2.45) is 0 Å². The average Bonchev–Trinajstić information content (AvgIpc) is 2.47. The van der Waals surface area contributed by atoms with Crippen LogP contribution in [0, 0.1) is 0 Å². The van der Waals surface area contributed by atoms with Gasteiger partial charge in [-0.05, 0) is 40.2 Å².